The van der Waals surface area contributed by atoms with Crippen LogP contribution in [0.25, 0.3) is 0 Å². The van der Waals surface area contributed by atoms with Crippen LogP contribution in [0.4, 0.5) is 11.4 Å². The molecule has 0 aromatic heterocycles. The van der Waals surface area contributed by atoms with Crippen molar-refractivity contribution in [1.29, 1.82) is 0 Å². The lowest BCUT2D eigenvalue weighted by Crippen LogP contribution is -2.45. The molecule has 86 valence electrons. The fourth-order valence-electron chi connectivity index (χ4n) is 1.90. The maximum atomic E-state index is 11.9. The molecule has 1 atom stereocenters. The van der Waals surface area contributed by atoms with Crippen molar-refractivity contribution in [3.63, 3.8) is 0 Å². The SMILES string of the molecule is Nc1ccc2c(c1)N(C(=O)[C@@H](N)CO)CC2. The number of hydrogen-bond acceptors (Lipinski definition) is 4. The van der Waals surface area contributed by atoms with Gasteiger partial charge in [-0.05, 0) is 24.1 Å². The Hall–Kier alpha value is -1.59. The molecule has 0 radical (unpaired) electrons. The van der Waals surface area contributed by atoms with E-state index in [2.05, 4.69) is 0 Å². The molecule has 0 unspecified atom stereocenters. The van der Waals surface area contributed by atoms with Crippen LogP contribution in [0.5, 0.6) is 0 Å². The molecule has 1 aromatic rings. The van der Waals surface area contributed by atoms with E-state index in [0.717, 1.165) is 17.7 Å². The molecule has 16 heavy (non-hydrogen) atoms. The summed E-state index contributed by atoms with van der Waals surface area (Å²) in [5.74, 6) is -0.258. The Morgan fingerprint density at radius 3 is 3.00 bits per heavy atom. The summed E-state index contributed by atoms with van der Waals surface area (Å²) >= 11 is 0. The van der Waals surface area contributed by atoms with Crippen LogP contribution in [0.1, 0.15) is 5.56 Å². The molecule has 0 saturated heterocycles. The second-order valence-corrected chi connectivity index (χ2v) is 3.92. The molecule has 0 spiro atoms. The van der Waals surface area contributed by atoms with Crippen molar-refractivity contribution in [1.82, 2.24) is 0 Å². The lowest BCUT2D eigenvalue weighted by Gasteiger charge is -2.20. The van der Waals surface area contributed by atoms with Crippen molar-refractivity contribution in [2.45, 2.75) is 12.5 Å². The first-order valence-corrected chi connectivity index (χ1v) is 5.19. The molecule has 1 heterocycles. The quantitative estimate of drug-likeness (QED) is 0.586. The molecule has 1 aliphatic rings. The molecule has 0 bridgehead atoms. The predicted octanol–water partition coefficient (Wildman–Crippen LogP) is -0.522. The number of hydrogen-bond donors (Lipinski definition) is 3. The van der Waals surface area contributed by atoms with Crippen molar-refractivity contribution < 1.29 is 9.90 Å². The van der Waals surface area contributed by atoms with Gasteiger partial charge in [-0.2, -0.15) is 0 Å². The van der Waals surface area contributed by atoms with Gasteiger partial charge < -0.3 is 21.5 Å². The topological polar surface area (TPSA) is 92.6 Å². The van der Waals surface area contributed by atoms with Crippen LogP contribution in [0.15, 0.2) is 18.2 Å². The van der Waals surface area contributed by atoms with Gasteiger partial charge in [-0.1, -0.05) is 6.07 Å². The Labute approximate surface area is 93.6 Å². The van der Waals surface area contributed by atoms with Crippen LogP contribution in [0.2, 0.25) is 0 Å². The molecular formula is C11H15N3O2. The van der Waals surface area contributed by atoms with Crippen LogP contribution in [0, 0.1) is 0 Å². The second-order valence-electron chi connectivity index (χ2n) is 3.92. The van der Waals surface area contributed by atoms with E-state index >= 15 is 0 Å². The van der Waals surface area contributed by atoms with Crippen molar-refractivity contribution in [3.05, 3.63) is 23.8 Å². The summed E-state index contributed by atoms with van der Waals surface area (Å²) in [6.45, 7) is 0.262. The average molecular weight is 221 g/mol. The van der Waals surface area contributed by atoms with E-state index in [0.29, 0.717) is 12.2 Å². The number of carbonyl (C=O) groups excluding carboxylic acids is 1. The lowest BCUT2D eigenvalue weighted by molar-refractivity contribution is -0.120. The van der Waals surface area contributed by atoms with E-state index < -0.39 is 6.04 Å². The number of nitrogens with zero attached hydrogens (tertiary/aromatic N) is 1. The molecule has 0 saturated carbocycles. The van der Waals surface area contributed by atoms with Crippen molar-refractivity contribution >= 4 is 17.3 Å². The summed E-state index contributed by atoms with van der Waals surface area (Å²) < 4.78 is 0. The maximum absolute atomic E-state index is 11.9. The van der Waals surface area contributed by atoms with Crippen LogP contribution < -0.4 is 16.4 Å². The van der Waals surface area contributed by atoms with Gasteiger partial charge in [0.15, 0.2) is 0 Å². The molecule has 0 aliphatic carbocycles. The zero-order chi connectivity index (χ0) is 11.7. The number of rotatable bonds is 2. The lowest BCUT2D eigenvalue weighted by atomic mass is 10.1. The van der Waals surface area contributed by atoms with Crippen LogP contribution in [-0.4, -0.2) is 30.2 Å². The van der Waals surface area contributed by atoms with Crippen molar-refractivity contribution in [2.24, 2.45) is 5.73 Å². The number of benzene rings is 1. The fourth-order valence-corrected chi connectivity index (χ4v) is 1.90. The number of amides is 1. The molecule has 5 nitrogen and oxygen atoms in total. The summed E-state index contributed by atoms with van der Waals surface area (Å²) in [5.41, 5.74) is 13.7. The molecule has 1 aliphatic heterocycles. The summed E-state index contributed by atoms with van der Waals surface area (Å²) in [6.07, 6.45) is 0.805. The molecule has 1 aromatic carbocycles. The Bertz CT molecular complexity index is 420. The smallest absolute Gasteiger partial charge is 0.246 e. The average Bonchev–Trinajstić information content (AvgIpc) is 2.69. The molecule has 5 heteroatoms. The summed E-state index contributed by atoms with van der Waals surface area (Å²) in [5, 5.41) is 8.87. The zero-order valence-electron chi connectivity index (χ0n) is 8.89. The molecule has 5 N–H and O–H groups in total. The normalized spacial score (nSPS) is 16.0. The van der Waals surface area contributed by atoms with E-state index in [9.17, 15) is 4.79 Å². The summed E-state index contributed by atoms with van der Waals surface area (Å²) in [4.78, 5) is 13.4. The van der Waals surface area contributed by atoms with Gasteiger partial charge in [0.05, 0.1) is 6.61 Å². The summed E-state index contributed by atoms with van der Waals surface area (Å²) in [6, 6.07) is 4.65. The van der Waals surface area contributed by atoms with Gasteiger partial charge in [-0.25, -0.2) is 0 Å². The molecule has 1 amide bonds. The number of carbonyl (C=O) groups is 1. The standard InChI is InChI=1S/C11H15N3O2/c12-8-2-1-7-3-4-14(10(7)5-8)11(16)9(13)6-15/h1-2,5,9,15H,3-4,6,12-13H2/t9-/m0/s1. The van der Waals surface area contributed by atoms with E-state index in [1.165, 1.54) is 0 Å². The highest BCUT2D eigenvalue weighted by Crippen LogP contribution is 2.30. The molecule has 0 fully saturated rings. The van der Waals surface area contributed by atoms with Crippen molar-refractivity contribution in [2.75, 3.05) is 23.8 Å². The second kappa shape index (κ2) is 4.11. The third-order valence-corrected chi connectivity index (χ3v) is 2.78. The van der Waals surface area contributed by atoms with Crippen LogP contribution >= 0.6 is 0 Å². The number of nitrogens with two attached hydrogens (primary N) is 2. The number of nitrogen functional groups attached to an aromatic ring is 1. The zero-order valence-corrected chi connectivity index (χ0v) is 8.89. The van der Waals surface area contributed by atoms with E-state index in [4.69, 9.17) is 16.6 Å². The van der Waals surface area contributed by atoms with Crippen LogP contribution in [0.3, 0.4) is 0 Å². The first-order chi connectivity index (χ1) is 7.63. The number of anilines is 2. The highest BCUT2D eigenvalue weighted by atomic mass is 16.3. The van der Waals surface area contributed by atoms with Gasteiger partial charge in [0, 0.05) is 17.9 Å². The minimum Gasteiger partial charge on any atom is -0.399 e. The van der Waals surface area contributed by atoms with E-state index in [-0.39, 0.29) is 12.5 Å². The molecular weight excluding hydrogens is 206 g/mol. The Balaban J connectivity index is 2.29. The Morgan fingerprint density at radius 1 is 1.56 bits per heavy atom. The van der Waals surface area contributed by atoms with Gasteiger partial charge in [0.25, 0.3) is 0 Å². The largest absolute Gasteiger partial charge is 0.399 e. The van der Waals surface area contributed by atoms with Crippen LogP contribution in [-0.2, 0) is 11.2 Å². The highest BCUT2D eigenvalue weighted by Gasteiger charge is 2.27. The minimum atomic E-state index is -0.854. The third-order valence-electron chi connectivity index (χ3n) is 2.78. The first-order valence-electron chi connectivity index (χ1n) is 5.19. The number of fused-ring (bicyclic) bond motifs is 1. The third kappa shape index (κ3) is 1.75. The van der Waals surface area contributed by atoms with Crippen molar-refractivity contribution in [3.8, 4) is 0 Å². The first kappa shape index (κ1) is 10.9. The summed E-state index contributed by atoms with van der Waals surface area (Å²) in [7, 11) is 0. The van der Waals surface area contributed by atoms with Gasteiger partial charge >= 0.3 is 0 Å². The van der Waals surface area contributed by atoms with Gasteiger partial charge in [-0.3, -0.25) is 4.79 Å². The van der Waals surface area contributed by atoms with E-state index in [1.54, 1.807) is 11.0 Å². The highest BCUT2D eigenvalue weighted by molar-refractivity contribution is 5.99. The maximum Gasteiger partial charge on any atom is 0.246 e. The number of aliphatic hydroxyl groups is 1. The fraction of sp³-hybridized carbons (Fsp3) is 0.364. The Morgan fingerprint density at radius 2 is 2.31 bits per heavy atom. The minimum absolute atomic E-state index is 0.258. The Kier molecular flexibility index (Phi) is 2.80. The van der Waals surface area contributed by atoms with E-state index in [1.807, 2.05) is 12.1 Å². The predicted molar refractivity (Wildman–Crippen MR) is 62.0 cm³/mol. The van der Waals surface area contributed by atoms with Gasteiger partial charge in [0.2, 0.25) is 5.91 Å². The number of aliphatic hydroxyl groups excluding tert-OH is 1. The van der Waals surface area contributed by atoms with Gasteiger partial charge in [0.1, 0.15) is 6.04 Å². The van der Waals surface area contributed by atoms with Gasteiger partial charge in [-0.15, -0.1) is 0 Å². The molecule has 2 rings (SSSR count). The monoisotopic (exact) mass is 221 g/mol.